The lowest BCUT2D eigenvalue weighted by Crippen LogP contribution is -2.31. The van der Waals surface area contributed by atoms with Gasteiger partial charge in [0, 0.05) is 24.7 Å². The maximum absolute atomic E-state index is 9.12. The Morgan fingerprint density at radius 2 is 2.18 bits per heavy atom. The van der Waals surface area contributed by atoms with E-state index in [4.69, 9.17) is 15.6 Å². The largest absolute Gasteiger partial charge is 0.496 e. The van der Waals surface area contributed by atoms with Crippen LogP contribution >= 0.6 is 0 Å². The van der Waals surface area contributed by atoms with E-state index in [9.17, 15) is 0 Å². The topological polar surface area (TPSA) is 58.7 Å². The fourth-order valence-corrected chi connectivity index (χ4v) is 1.65. The molecule has 1 unspecified atom stereocenters. The third-order valence-corrected chi connectivity index (χ3v) is 3.02. The molecule has 1 aromatic carbocycles. The van der Waals surface area contributed by atoms with Crippen LogP contribution < -0.4 is 10.5 Å². The van der Waals surface area contributed by atoms with Gasteiger partial charge in [-0.15, -0.1) is 0 Å². The van der Waals surface area contributed by atoms with Crippen LogP contribution in [0.4, 0.5) is 0 Å². The number of aliphatic hydroxyl groups is 1. The SMILES string of the molecule is COc1ccc(CN)cc1CN(C)C(C)CO. The minimum Gasteiger partial charge on any atom is -0.496 e. The van der Waals surface area contributed by atoms with E-state index in [0.29, 0.717) is 6.54 Å². The lowest BCUT2D eigenvalue weighted by molar-refractivity contribution is 0.153. The molecule has 0 spiro atoms. The highest BCUT2D eigenvalue weighted by molar-refractivity contribution is 5.37. The summed E-state index contributed by atoms with van der Waals surface area (Å²) in [5.74, 6) is 0.860. The summed E-state index contributed by atoms with van der Waals surface area (Å²) in [6, 6.07) is 6.09. The Hall–Kier alpha value is -1.10. The number of hydrogen-bond donors (Lipinski definition) is 2. The van der Waals surface area contributed by atoms with Crippen molar-refractivity contribution >= 4 is 0 Å². The number of methoxy groups -OCH3 is 1. The molecule has 4 heteroatoms. The number of nitrogens with zero attached hydrogens (tertiary/aromatic N) is 1. The Labute approximate surface area is 103 Å². The fourth-order valence-electron chi connectivity index (χ4n) is 1.65. The normalized spacial score (nSPS) is 12.8. The van der Waals surface area contributed by atoms with Crippen molar-refractivity contribution in [2.75, 3.05) is 20.8 Å². The van der Waals surface area contributed by atoms with Crippen LogP contribution in [0.3, 0.4) is 0 Å². The number of rotatable bonds is 6. The Balaban J connectivity index is 2.87. The average Bonchev–Trinajstić information content (AvgIpc) is 2.37. The molecule has 0 aromatic heterocycles. The summed E-state index contributed by atoms with van der Waals surface area (Å²) in [5, 5.41) is 9.12. The molecule has 0 heterocycles. The van der Waals surface area contributed by atoms with Crippen LogP contribution in [0.5, 0.6) is 5.75 Å². The molecule has 0 aliphatic heterocycles. The predicted octanol–water partition coefficient (Wildman–Crippen LogP) is 0.967. The minimum absolute atomic E-state index is 0.126. The van der Waals surface area contributed by atoms with E-state index in [1.165, 1.54) is 0 Å². The first-order valence-corrected chi connectivity index (χ1v) is 5.79. The number of aliphatic hydroxyl groups excluding tert-OH is 1. The third-order valence-electron chi connectivity index (χ3n) is 3.02. The first-order chi connectivity index (χ1) is 8.12. The van der Waals surface area contributed by atoms with Crippen LogP contribution in [0, 0.1) is 0 Å². The molecule has 3 N–H and O–H groups in total. The highest BCUT2D eigenvalue weighted by Gasteiger charge is 2.11. The van der Waals surface area contributed by atoms with Crippen molar-refractivity contribution in [3.05, 3.63) is 29.3 Å². The Bertz CT molecular complexity index is 355. The van der Waals surface area contributed by atoms with Crippen molar-refractivity contribution in [1.82, 2.24) is 4.90 Å². The lowest BCUT2D eigenvalue weighted by atomic mass is 10.1. The molecule has 0 aliphatic rings. The summed E-state index contributed by atoms with van der Waals surface area (Å²) < 4.78 is 5.33. The molecule has 0 bridgehead atoms. The summed E-state index contributed by atoms with van der Waals surface area (Å²) in [5.41, 5.74) is 7.82. The summed E-state index contributed by atoms with van der Waals surface area (Å²) in [4.78, 5) is 2.08. The average molecular weight is 238 g/mol. The summed E-state index contributed by atoms with van der Waals surface area (Å²) >= 11 is 0. The molecule has 0 saturated heterocycles. The first-order valence-electron chi connectivity index (χ1n) is 5.79. The standard InChI is InChI=1S/C13H22N2O2/c1-10(9-16)15(2)8-12-6-11(7-14)4-5-13(12)17-3/h4-6,10,16H,7-9,14H2,1-3H3. The van der Waals surface area contributed by atoms with Crippen molar-refractivity contribution in [2.24, 2.45) is 5.73 Å². The molecule has 0 radical (unpaired) electrons. The Morgan fingerprint density at radius 1 is 1.47 bits per heavy atom. The van der Waals surface area contributed by atoms with Gasteiger partial charge in [-0.2, -0.15) is 0 Å². The molecule has 0 fully saturated rings. The fraction of sp³-hybridized carbons (Fsp3) is 0.538. The van der Waals surface area contributed by atoms with Crippen LogP contribution in [0.15, 0.2) is 18.2 Å². The number of nitrogens with two attached hydrogens (primary N) is 1. The maximum atomic E-state index is 9.12. The minimum atomic E-state index is 0.126. The van der Waals surface area contributed by atoms with Gasteiger partial charge in [0.15, 0.2) is 0 Å². The van der Waals surface area contributed by atoms with E-state index in [2.05, 4.69) is 11.0 Å². The quantitative estimate of drug-likeness (QED) is 0.775. The van der Waals surface area contributed by atoms with E-state index in [1.54, 1.807) is 7.11 Å². The maximum Gasteiger partial charge on any atom is 0.123 e. The van der Waals surface area contributed by atoms with Gasteiger partial charge in [-0.25, -0.2) is 0 Å². The highest BCUT2D eigenvalue weighted by Crippen LogP contribution is 2.21. The zero-order valence-corrected chi connectivity index (χ0v) is 10.8. The van der Waals surface area contributed by atoms with Crippen molar-refractivity contribution < 1.29 is 9.84 Å². The predicted molar refractivity (Wildman–Crippen MR) is 68.9 cm³/mol. The Morgan fingerprint density at radius 3 is 2.71 bits per heavy atom. The molecule has 1 rings (SSSR count). The van der Waals surface area contributed by atoms with Crippen LogP contribution in [-0.4, -0.2) is 36.8 Å². The second kappa shape index (κ2) is 6.59. The van der Waals surface area contributed by atoms with E-state index in [-0.39, 0.29) is 12.6 Å². The smallest absolute Gasteiger partial charge is 0.123 e. The van der Waals surface area contributed by atoms with Crippen LogP contribution in [0.2, 0.25) is 0 Å². The van der Waals surface area contributed by atoms with Gasteiger partial charge in [0.1, 0.15) is 5.75 Å². The first kappa shape index (κ1) is 14.0. The van der Waals surface area contributed by atoms with E-state index < -0.39 is 0 Å². The molecule has 4 nitrogen and oxygen atoms in total. The number of likely N-dealkylation sites (N-methyl/N-ethyl adjacent to an activating group) is 1. The van der Waals surface area contributed by atoms with Gasteiger partial charge in [-0.05, 0) is 31.7 Å². The molecule has 96 valence electrons. The third kappa shape index (κ3) is 3.70. The van der Waals surface area contributed by atoms with E-state index in [1.807, 2.05) is 26.1 Å². The van der Waals surface area contributed by atoms with Crippen LogP contribution in [-0.2, 0) is 13.1 Å². The van der Waals surface area contributed by atoms with Crippen molar-refractivity contribution in [3.8, 4) is 5.75 Å². The van der Waals surface area contributed by atoms with Crippen LogP contribution in [0.25, 0.3) is 0 Å². The van der Waals surface area contributed by atoms with Gasteiger partial charge < -0.3 is 15.6 Å². The summed E-state index contributed by atoms with van der Waals surface area (Å²) in [6.07, 6.45) is 0. The van der Waals surface area contributed by atoms with Gasteiger partial charge in [0.05, 0.1) is 13.7 Å². The van der Waals surface area contributed by atoms with Crippen molar-refractivity contribution in [1.29, 1.82) is 0 Å². The van der Waals surface area contributed by atoms with Crippen LogP contribution in [0.1, 0.15) is 18.1 Å². The zero-order valence-electron chi connectivity index (χ0n) is 10.8. The molecule has 0 aliphatic carbocycles. The highest BCUT2D eigenvalue weighted by atomic mass is 16.5. The molecule has 17 heavy (non-hydrogen) atoms. The van der Waals surface area contributed by atoms with E-state index in [0.717, 1.165) is 23.4 Å². The number of ether oxygens (including phenoxy) is 1. The Kier molecular flexibility index (Phi) is 5.41. The van der Waals surface area contributed by atoms with Crippen molar-refractivity contribution in [3.63, 3.8) is 0 Å². The molecular formula is C13H22N2O2. The molecule has 1 atom stereocenters. The monoisotopic (exact) mass is 238 g/mol. The molecule has 0 amide bonds. The summed E-state index contributed by atoms with van der Waals surface area (Å²) in [7, 11) is 3.64. The zero-order chi connectivity index (χ0) is 12.8. The van der Waals surface area contributed by atoms with Gasteiger partial charge in [0.2, 0.25) is 0 Å². The second-order valence-corrected chi connectivity index (χ2v) is 4.30. The molecule has 1 aromatic rings. The number of hydrogen-bond acceptors (Lipinski definition) is 4. The summed E-state index contributed by atoms with van der Waals surface area (Å²) in [6.45, 7) is 3.39. The van der Waals surface area contributed by atoms with Gasteiger partial charge >= 0.3 is 0 Å². The number of benzene rings is 1. The van der Waals surface area contributed by atoms with Gasteiger partial charge in [0.25, 0.3) is 0 Å². The van der Waals surface area contributed by atoms with E-state index >= 15 is 0 Å². The molecule has 0 saturated carbocycles. The van der Waals surface area contributed by atoms with Gasteiger partial charge in [-0.3, -0.25) is 4.90 Å². The second-order valence-electron chi connectivity index (χ2n) is 4.30. The lowest BCUT2D eigenvalue weighted by Gasteiger charge is -2.24. The molecular weight excluding hydrogens is 216 g/mol. The van der Waals surface area contributed by atoms with Gasteiger partial charge in [-0.1, -0.05) is 6.07 Å². The van der Waals surface area contributed by atoms with Crippen molar-refractivity contribution in [2.45, 2.75) is 26.1 Å².